The maximum absolute atomic E-state index is 11.4. The van der Waals surface area contributed by atoms with Crippen molar-refractivity contribution in [2.24, 2.45) is 0 Å². The molecule has 22 heavy (non-hydrogen) atoms. The molecule has 0 saturated carbocycles. The first-order chi connectivity index (χ1) is 10.7. The van der Waals surface area contributed by atoms with E-state index in [9.17, 15) is 4.79 Å². The lowest BCUT2D eigenvalue weighted by Gasteiger charge is -2.17. The molecule has 1 aliphatic rings. The summed E-state index contributed by atoms with van der Waals surface area (Å²) in [6, 6.07) is 3.99. The number of rotatable bonds is 9. The normalized spacial score (nSPS) is 14.5. The highest BCUT2D eigenvalue weighted by Crippen LogP contribution is 2.24. The van der Waals surface area contributed by atoms with Gasteiger partial charge >= 0.3 is 0 Å². The third-order valence-electron chi connectivity index (χ3n) is 4.07. The lowest BCUT2D eigenvalue weighted by molar-refractivity contribution is 0.102. The molecule has 120 valence electrons. The molecule has 0 bridgehead atoms. The highest BCUT2D eigenvalue weighted by atomic mass is 32.1. The number of hydrogen-bond donors (Lipinski definition) is 1. The minimum absolute atomic E-state index is 0.157. The van der Waals surface area contributed by atoms with Crippen LogP contribution in [0, 0.1) is 0 Å². The van der Waals surface area contributed by atoms with E-state index in [1.165, 1.54) is 55.5 Å². The van der Waals surface area contributed by atoms with E-state index in [1.807, 2.05) is 6.07 Å². The number of carbonyl (C=O) groups excluding carboxylic acids is 1. The van der Waals surface area contributed by atoms with Crippen LogP contribution in [0.2, 0.25) is 0 Å². The lowest BCUT2D eigenvalue weighted by atomic mass is 9.96. The van der Waals surface area contributed by atoms with Gasteiger partial charge < -0.3 is 5.32 Å². The molecule has 1 aliphatic carbocycles. The van der Waals surface area contributed by atoms with Crippen LogP contribution in [-0.4, -0.2) is 5.78 Å². The molecule has 1 heterocycles. The van der Waals surface area contributed by atoms with Crippen molar-refractivity contribution in [2.45, 2.75) is 65.3 Å². The molecule has 1 N–H and O–H groups in total. The topological polar surface area (TPSA) is 29.1 Å². The van der Waals surface area contributed by atoms with E-state index in [4.69, 9.17) is 0 Å². The van der Waals surface area contributed by atoms with Gasteiger partial charge in [0.05, 0.1) is 4.88 Å². The van der Waals surface area contributed by atoms with Crippen molar-refractivity contribution in [3.8, 4) is 0 Å². The van der Waals surface area contributed by atoms with Crippen LogP contribution in [0.1, 0.15) is 73.3 Å². The Morgan fingerprint density at radius 3 is 2.86 bits per heavy atom. The second-order valence-electron chi connectivity index (χ2n) is 5.94. The lowest BCUT2D eigenvalue weighted by Crippen LogP contribution is -2.14. The number of unbranched alkanes of at least 4 members (excludes halogenated alkanes) is 3. The molecule has 0 saturated heterocycles. The Morgan fingerprint density at radius 2 is 2.14 bits per heavy atom. The predicted molar refractivity (Wildman–Crippen MR) is 95.3 cm³/mol. The molecule has 2 nitrogen and oxygen atoms in total. The smallest absolute Gasteiger partial charge is 0.169 e. The first-order valence-electron chi connectivity index (χ1n) is 8.42. The largest absolute Gasteiger partial charge is 0.380 e. The number of carbonyl (C=O) groups is 1. The Hall–Kier alpha value is -1.35. The van der Waals surface area contributed by atoms with Crippen LogP contribution in [0.3, 0.4) is 0 Å². The average molecular weight is 317 g/mol. The summed E-state index contributed by atoms with van der Waals surface area (Å²) in [6.07, 6.45) is 13.3. The molecule has 0 fully saturated rings. The van der Waals surface area contributed by atoms with Gasteiger partial charge in [-0.05, 0) is 56.4 Å². The van der Waals surface area contributed by atoms with Gasteiger partial charge in [0.2, 0.25) is 0 Å². The summed E-state index contributed by atoms with van der Waals surface area (Å²) in [4.78, 5) is 13.4. The molecule has 0 spiro atoms. The van der Waals surface area contributed by atoms with Crippen molar-refractivity contribution in [3.63, 3.8) is 0 Å². The minimum atomic E-state index is 0.157. The Balaban J connectivity index is 1.90. The fourth-order valence-corrected chi connectivity index (χ4v) is 3.61. The van der Waals surface area contributed by atoms with Gasteiger partial charge in [0.25, 0.3) is 0 Å². The zero-order valence-corrected chi connectivity index (χ0v) is 14.6. The van der Waals surface area contributed by atoms with Crippen LogP contribution in [0.5, 0.6) is 0 Å². The van der Waals surface area contributed by atoms with E-state index in [0.29, 0.717) is 0 Å². The highest BCUT2D eigenvalue weighted by molar-refractivity contribution is 7.14. The maximum atomic E-state index is 11.4. The molecule has 1 aromatic rings. The van der Waals surface area contributed by atoms with Gasteiger partial charge in [0, 0.05) is 17.1 Å². The summed E-state index contributed by atoms with van der Waals surface area (Å²) in [5.41, 5.74) is 2.88. The van der Waals surface area contributed by atoms with Gasteiger partial charge in [0.1, 0.15) is 0 Å². The van der Waals surface area contributed by atoms with Crippen molar-refractivity contribution < 1.29 is 4.79 Å². The summed E-state index contributed by atoms with van der Waals surface area (Å²) in [5.74, 6) is 0.157. The first-order valence-corrected chi connectivity index (χ1v) is 9.24. The van der Waals surface area contributed by atoms with Gasteiger partial charge in [-0.1, -0.05) is 32.3 Å². The third-order valence-corrected chi connectivity index (χ3v) is 5.26. The van der Waals surface area contributed by atoms with E-state index in [0.717, 1.165) is 11.4 Å². The van der Waals surface area contributed by atoms with Crippen LogP contribution in [0.15, 0.2) is 35.6 Å². The number of Topliss-reactive ketones (excluding diaryl/α,β-unsaturated/α-hetero) is 1. The molecule has 3 heteroatoms. The van der Waals surface area contributed by atoms with E-state index in [2.05, 4.69) is 30.5 Å². The quantitative estimate of drug-likeness (QED) is 0.473. The molecule has 0 unspecified atom stereocenters. The van der Waals surface area contributed by atoms with Gasteiger partial charge in [-0.25, -0.2) is 0 Å². The molecule has 0 radical (unpaired) electrons. The van der Waals surface area contributed by atoms with Crippen LogP contribution in [-0.2, 0) is 6.54 Å². The van der Waals surface area contributed by atoms with Crippen molar-refractivity contribution in [3.05, 3.63) is 45.3 Å². The summed E-state index contributed by atoms with van der Waals surface area (Å²) < 4.78 is 0. The molecule has 0 atom stereocenters. The predicted octanol–water partition coefficient (Wildman–Crippen LogP) is 5.61. The minimum Gasteiger partial charge on any atom is -0.380 e. The molecule has 1 aromatic heterocycles. The summed E-state index contributed by atoms with van der Waals surface area (Å²) in [7, 11) is 0. The van der Waals surface area contributed by atoms with Crippen LogP contribution < -0.4 is 5.32 Å². The SMILES string of the molecule is CCCCCCC1=C(NCc2ccc(C(C)=O)s2)C=CCC1. The van der Waals surface area contributed by atoms with Gasteiger partial charge in [-0.2, -0.15) is 0 Å². The van der Waals surface area contributed by atoms with Crippen LogP contribution >= 0.6 is 11.3 Å². The Kier molecular flexibility index (Phi) is 6.91. The van der Waals surface area contributed by atoms with Crippen LogP contribution in [0.25, 0.3) is 0 Å². The monoisotopic (exact) mass is 317 g/mol. The molecule has 2 rings (SSSR count). The second-order valence-corrected chi connectivity index (χ2v) is 7.11. The summed E-state index contributed by atoms with van der Waals surface area (Å²) >= 11 is 1.60. The van der Waals surface area contributed by atoms with Crippen molar-refractivity contribution in [1.82, 2.24) is 5.32 Å². The van der Waals surface area contributed by atoms with Gasteiger partial charge in [-0.3, -0.25) is 4.79 Å². The highest BCUT2D eigenvalue weighted by Gasteiger charge is 2.09. The molecule has 0 aliphatic heterocycles. The molecule has 0 aromatic carbocycles. The number of allylic oxidation sites excluding steroid dienone is 3. The summed E-state index contributed by atoms with van der Waals surface area (Å²) in [5, 5.41) is 3.57. The number of thiophene rings is 1. The number of ketones is 1. The Morgan fingerprint density at radius 1 is 1.27 bits per heavy atom. The zero-order valence-electron chi connectivity index (χ0n) is 13.8. The fraction of sp³-hybridized carbons (Fsp3) is 0.526. The number of hydrogen-bond acceptors (Lipinski definition) is 3. The van der Waals surface area contributed by atoms with Gasteiger partial charge in [0.15, 0.2) is 5.78 Å². The van der Waals surface area contributed by atoms with Crippen molar-refractivity contribution >= 4 is 17.1 Å². The van der Waals surface area contributed by atoms with Crippen LogP contribution in [0.4, 0.5) is 0 Å². The first kappa shape index (κ1) is 17.0. The second kappa shape index (κ2) is 8.94. The van der Waals surface area contributed by atoms with E-state index >= 15 is 0 Å². The molecular weight excluding hydrogens is 290 g/mol. The maximum Gasteiger partial charge on any atom is 0.169 e. The molecular formula is C19H27NOS. The Labute approximate surface area is 138 Å². The molecule has 0 amide bonds. The van der Waals surface area contributed by atoms with E-state index in [1.54, 1.807) is 23.8 Å². The van der Waals surface area contributed by atoms with Gasteiger partial charge in [-0.15, -0.1) is 11.3 Å². The van der Waals surface area contributed by atoms with E-state index < -0.39 is 0 Å². The standard InChI is InChI=1S/C19H27NOS/c1-3-4-5-6-9-16-10-7-8-11-18(16)20-14-17-12-13-19(22-17)15(2)21/h8,11-13,20H,3-7,9-10,14H2,1-2H3. The van der Waals surface area contributed by atoms with E-state index in [-0.39, 0.29) is 5.78 Å². The van der Waals surface area contributed by atoms with Crippen molar-refractivity contribution in [1.29, 1.82) is 0 Å². The third kappa shape index (κ3) is 5.13. The summed E-state index contributed by atoms with van der Waals surface area (Å²) in [6.45, 7) is 4.70. The Bertz CT molecular complexity index is 554. The average Bonchev–Trinajstić information content (AvgIpc) is 3.00. The van der Waals surface area contributed by atoms with Crippen molar-refractivity contribution in [2.75, 3.05) is 0 Å². The fourth-order valence-electron chi connectivity index (χ4n) is 2.76. The number of nitrogens with one attached hydrogen (secondary N) is 1. The zero-order chi connectivity index (χ0) is 15.8.